The maximum absolute atomic E-state index is 11.5. The Kier molecular flexibility index (Phi) is 7.62. The number of ether oxygens (including phenoxy) is 3. The van der Waals surface area contributed by atoms with Crippen molar-refractivity contribution in [2.45, 2.75) is 41.3 Å². The molecule has 1 rings (SSSR count). The van der Waals surface area contributed by atoms with Gasteiger partial charge in [-0.05, 0) is 25.7 Å². The predicted octanol–water partition coefficient (Wildman–Crippen LogP) is 2.55. The fourth-order valence-electron chi connectivity index (χ4n) is 1.71. The second-order valence-corrected chi connectivity index (χ2v) is 7.99. The quantitative estimate of drug-likeness (QED) is 0.541. The van der Waals surface area contributed by atoms with Crippen molar-refractivity contribution < 1.29 is 22.6 Å². The van der Waals surface area contributed by atoms with Gasteiger partial charge in [0.15, 0.2) is 0 Å². The molecule has 1 aromatic rings. The van der Waals surface area contributed by atoms with Crippen LogP contribution in [0.4, 0.5) is 0 Å². The molecule has 6 nitrogen and oxygen atoms in total. The molecule has 0 fully saturated rings. The van der Waals surface area contributed by atoms with E-state index < -0.39 is 16.5 Å². The number of nitrogens with two attached hydrogens (primary N) is 1. The van der Waals surface area contributed by atoms with E-state index in [0.717, 1.165) is 21.1 Å². The lowest BCUT2D eigenvalue weighted by Gasteiger charge is -2.22. The standard InChI is InChI=1S/C12H21NO5S3/c1-5-9(18-12(16-3)17-6-2)8-7-10(21(13,14)15)20-11(8)19-4/h7,9,12H,5-6H2,1-4H3,(H2,13,14,15). The lowest BCUT2D eigenvalue weighted by molar-refractivity contribution is -0.295. The molecule has 9 heteroatoms. The van der Waals surface area contributed by atoms with Crippen LogP contribution in [0.15, 0.2) is 14.5 Å². The van der Waals surface area contributed by atoms with Crippen LogP contribution in [-0.4, -0.2) is 34.9 Å². The number of thiophene rings is 1. The van der Waals surface area contributed by atoms with Crippen molar-refractivity contribution in [1.82, 2.24) is 0 Å². The van der Waals surface area contributed by atoms with Gasteiger partial charge in [0.05, 0.1) is 10.3 Å². The van der Waals surface area contributed by atoms with Gasteiger partial charge in [-0.25, -0.2) is 13.6 Å². The Bertz CT molecular complexity index is 543. The highest BCUT2D eigenvalue weighted by molar-refractivity contribution is 8.01. The van der Waals surface area contributed by atoms with Crippen molar-refractivity contribution in [3.8, 4) is 0 Å². The number of thioether (sulfide) groups is 1. The Balaban J connectivity index is 3.07. The molecule has 0 amide bonds. The molecule has 2 unspecified atom stereocenters. The molecule has 0 aliphatic heterocycles. The number of hydrogen-bond acceptors (Lipinski definition) is 7. The van der Waals surface area contributed by atoms with E-state index in [2.05, 4.69) is 0 Å². The van der Waals surface area contributed by atoms with Gasteiger partial charge >= 0.3 is 0 Å². The van der Waals surface area contributed by atoms with Crippen molar-refractivity contribution in [3.05, 3.63) is 11.6 Å². The molecule has 2 atom stereocenters. The summed E-state index contributed by atoms with van der Waals surface area (Å²) < 4.78 is 40.1. The number of methoxy groups -OCH3 is 1. The van der Waals surface area contributed by atoms with Crippen molar-refractivity contribution in [3.63, 3.8) is 0 Å². The number of rotatable bonds is 9. The lowest BCUT2D eigenvalue weighted by atomic mass is 10.1. The van der Waals surface area contributed by atoms with Crippen LogP contribution in [0.25, 0.3) is 0 Å². The molecule has 0 aliphatic carbocycles. The molecule has 0 spiro atoms. The molecule has 21 heavy (non-hydrogen) atoms. The predicted molar refractivity (Wildman–Crippen MR) is 84.0 cm³/mol. The topological polar surface area (TPSA) is 87.8 Å². The van der Waals surface area contributed by atoms with Crippen molar-refractivity contribution in [1.29, 1.82) is 0 Å². The van der Waals surface area contributed by atoms with E-state index >= 15 is 0 Å². The third kappa shape index (κ3) is 5.20. The van der Waals surface area contributed by atoms with E-state index in [4.69, 9.17) is 19.3 Å². The monoisotopic (exact) mass is 355 g/mol. The molecular weight excluding hydrogens is 334 g/mol. The van der Waals surface area contributed by atoms with Gasteiger partial charge in [-0.3, -0.25) is 0 Å². The first-order valence-electron chi connectivity index (χ1n) is 6.37. The van der Waals surface area contributed by atoms with Crippen molar-refractivity contribution in [2.75, 3.05) is 20.0 Å². The Labute approximate surface area is 134 Å². The highest BCUT2D eigenvalue weighted by Crippen LogP contribution is 2.39. The van der Waals surface area contributed by atoms with Gasteiger partial charge in [0.2, 0.25) is 10.0 Å². The first-order valence-corrected chi connectivity index (χ1v) is 9.96. The summed E-state index contributed by atoms with van der Waals surface area (Å²) in [5.41, 5.74) is 0.792. The zero-order chi connectivity index (χ0) is 16.0. The fraction of sp³-hybridized carbons (Fsp3) is 0.667. The van der Waals surface area contributed by atoms with E-state index in [9.17, 15) is 8.42 Å². The second kappa shape index (κ2) is 8.47. The Hall–Kier alpha value is -0.160. The van der Waals surface area contributed by atoms with Gasteiger partial charge in [0, 0.05) is 19.3 Å². The maximum atomic E-state index is 11.5. The van der Waals surface area contributed by atoms with Gasteiger partial charge in [-0.1, -0.05) is 6.92 Å². The van der Waals surface area contributed by atoms with Gasteiger partial charge < -0.3 is 14.2 Å². The summed E-state index contributed by atoms with van der Waals surface area (Å²) in [5, 5.41) is 5.19. The molecule has 0 aromatic carbocycles. The summed E-state index contributed by atoms with van der Waals surface area (Å²) in [6.07, 6.45) is 2.21. The normalized spacial score (nSPS) is 15.1. The minimum atomic E-state index is -3.71. The zero-order valence-electron chi connectivity index (χ0n) is 12.5. The van der Waals surface area contributed by atoms with E-state index in [0.29, 0.717) is 13.0 Å². The van der Waals surface area contributed by atoms with E-state index in [-0.39, 0.29) is 10.3 Å². The van der Waals surface area contributed by atoms with E-state index in [1.165, 1.54) is 18.9 Å². The number of primary sulfonamides is 1. The van der Waals surface area contributed by atoms with Crippen LogP contribution in [0.2, 0.25) is 0 Å². The molecule has 0 aliphatic rings. The van der Waals surface area contributed by atoms with Gasteiger partial charge in [0.1, 0.15) is 4.21 Å². The molecule has 0 saturated carbocycles. The Morgan fingerprint density at radius 2 is 2.10 bits per heavy atom. The van der Waals surface area contributed by atoms with Crippen LogP contribution in [-0.2, 0) is 24.2 Å². The molecule has 0 saturated heterocycles. The molecule has 0 bridgehead atoms. The Morgan fingerprint density at radius 3 is 2.52 bits per heavy atom. The van der Waals surface area contributed by atoms with Crippen LogP contribution in [0.1, 0.15) is 31.9 Å². The smallest absolute Gasteiger partial charge is 0.271 e. The van der Waals surface area contributed by atoms with Gasteiger partial charge in [0.25, 0.3) is 6.48 Å². The largest absolute Gasteiger partial charge is 0.333 e. The van der Waals surface area contributed by atoms with Crippen molar-refractivity contribution in [2.24, 2.45) is 5.14 Å². The summed E-state index contributed by atoms with van der Waals surface area (Å²) in [5.74, 6) is 0. The minimum absolute atomic E-state index is 0.134. The first-order chi connectivity index (χ1) is 9.87. The van der Waals surface area contributed by atoms with Crippen LogP contribution in [0.3, 0.4) is 0 Å². The molecule has 0 radical (unpaired) electrons. The van der Waals surface area contributed by atoms with Gasteiger partial charge in [-0.2, -0.15) is 0 Å². The van der Waals surface area contributed by atoms with Crippen LogP contribution < -0.4 is 5.14 Å². The minimum Gasteiger partial charge on any atom is -0.333 e. The SMILES string of the molecule is CCOC(OC)OC(CC)c1cc(S(N)(=O)=O)sc1SC. The van der Waals surface area contributed by atoms with Crippen LogP contribution in [0.5, 0.6) is 0 Å². The average molecular weight is 356 g/mol. The summed E-state index contributed by atoms with van der Waals surface area (Å²) in [7, 11) is -2.22. The molecular formula is C12H21NO5S3. The lowest BCUT2D eigenvalue weighted by Crippen LogP contribution is -2.22. The fourth-order valence-corrected chi connectivity index (χ4v) is 4.58. The molecule has 1 aromatic heterocycles. The van der Waals surface area contributed by atoms with E-state index in [1.807, 2.05) is 20.1 Å². The number of hydrogen-bond donors (Lipinski definition) is 1. The summed E-state index contributed by atoms with van der Waals surface area (Å²) in [6, 6.07) is 1.57. The highest BCUT2D eigenvalue weighted by Gasteiger charge is 2.24. The maximum Gasteiger partial charge on any atom is 0.271 e. The van der Waals surface area contributed by atoms with Crippen LogP contribution >= 0.6 is 23.1 Å². The summed E-state index contributed by atoms with van der Waals surface area (Å²) in [6.45, 7) is 3.46. The zero-order valence-corrected chi connectivity index (χ0v) is 14.9. The third-order valence-electron chi connectivity index (χ3n) is 2.66. The summed E-state index contributed by atoms with van der Waals surface area (Å²) in [4.78, 5) is 0. The van der Waals surface area contributed by atoms with E-state index in [1.54, 1.807) is 6.07 Å². The summed E-state index contributed by atoms with van der Waals surface area (Å²) >= 11 is 2.61. The molecule has 2 N–H and O–H groups in total. The molecule has 122 valence electrons. The van der Waals surface area contributed by atoms with Crippen LogP contribution in [0, 0.1) is 0 Å². The number of sulfonamides is 1. The highest BCUT2D eigenvalue weighted by atomic mass is 32.3. The first kappa shape index (κ1) is 18.9. The third-order valence-corrected chi connectivity index (χ3v) is 6.38. The Morgan fingerprint density at radius 1 is 1.43 bits per heavy atom. The molecule has 1 heterocycles. The second-order valence-electron chi connectivity index (χ2n) is 4.07. The van der Waals surface area contributed by atoms with Gasteiger partial charge in [-0.15, -0.1) is 23.1 Å². The average Bonchev–Trinajstić information content (AvgIpc) is 2.87. The van der Waals surface area contributed by atoms with Crippen molar-refractivity contribution >= 4 is 33.1 Å².